The fourth-order valence-electron chi connectivity index (χ4n) is 2.70. The van der Waals surface area contributed by atoms with Gasteiger partial charge in [0.05, 0.1) is 23.2 Å². The van der Waals surface area contributed by atoms with E-state index in [0.29, 0.717) is 6.42 Å². The van der Waals surface area contributed by atoms with E-state index in [1.807, 2.05) is 35.9 Å². The van der Waals surface area contributed by atoms with Crippen LogP contribution in [0.4, 0.5) is 0 Å². The first kappa shape index (κ1) is 17.8. The van der Waals surface area contributed by atoms with Gasteiger partial charge in [-0.15, -0.1) is 22.7 Å². The molecule has 0 aromatic carbocycles. The van der Waals surface area contributed by atoms with Crippen LogP contribution in [0.2, 0.25) is 0 Å². The molecule has 6 nitrogen and oxygen atoms in total. The minimum atomic E-state index is -0.318. The molecule has 1 aliphatic heterocycles. The number of thiophene rings is 2. The zero-order chi connectivity index (χ0) is 17.8. The zero-order valence-electron chi connectivity index (χ0n) is 14.0. The van der Waals surface area contributed by atoms with Crippen molar-refractivity contribution in [2.75, 3.05) is 20.3 Å². The van der Waals surface area contributed by atoms with Gasteiger partial charge in [-0.2, -0.15) is 5.10 Å². The Morgan fingerprint density at radius 2 is 2.20 bits per heavy atom. The van der Waals surface area contributed by atoms with Crippen LogP contribution in [-0.4, -0.2) is 42.8 Å². The third-order valence-electron chi connectivity index (χ3n) is 3.89. The highest BCUT2D eigenvalue weighted by Crippen LogP contribution is 2.37. The maximum atomic E-state index is 12.7. The monoisotopic (exact) mass is 377 g/mol. The van der Waals surface area contributed by atoms with Crippen molar-refractivity contribution < 1.29 is 14.3 Å². The Balaban J connectivity index is 1.79. The molecule has 0 radical (unpaired) electrons. The molecule has 0 bridgehead atoms. The van der Waals surface area contributed by atoms with Crippen molar-refractivity contribution in [3.05, 3.63) is 44.3 Å². The van der Waals surface area contributed by atoms with E-state index >= 15 is 0 Å². The predicted molar refractivity (Wildman–Crippen MR) is 99.0 cm³/mol. The summed E-state index contributed by atoms with van der Waals surface area (Å²) in [5.74, 6) is -0.546. The number of methoxy groups -OCH3 is 1. The van der Waals surface area contributed by atoms with Crippen LogP contribution in [0.15, 0.2) is 34.1 Å². The standard InChI is InChI=1S/C17H19N3O3S2/c1-11-5-7-25-17(11)13-8-12(14-4-3-6-24-14)19-20(13)16(22)9-18-15(21)10-23-2/h3-7,13H,8-10H2,1-2H3,(H,18,21)/t13-/m1/s1. The van der Waals surface area contributed by atoms with Crippen molar-refractivity contribution in [1.82, 2.24) is 10.3 Å². The Hall–Kier alpha value is -2.03. The number of carbonyl (C=O) groups excluding carboxylic acids is 2. The summed E-state index contributed by atoms with van der Waals surface area (Å²) >= 11 is 3.24. The minimum absolute atomic E-state index is 0.0650. The number of carbonyl (C=O) groups is 2. The lowest BCUT2D eigenvalue weighted by molar-refractivity contribution is -0.135. The molecule has 0 saturated carbocycles. The normalized spacial score (nSPS) is 16.8. The van der Waals surface area contributed by atoms with Crippen LogP contribution in [0.25, 0.3) is 0 Å². The van der Waals surface area contributed by atoms with Gasteiger partial charge >= 0.3 is 0 Å². The molecule has 0 spiro atoms. The summed E-state index contributed by atoms with van der Waals surface area (Å²) < 4.78 is 4.76. The summed E-state index contributed by atoms with van der Waals surface area (Å²) in [7, 11) is 1.44. The second kappa shape index (κ2) is 7.90. The third kappa shape index (κ3) is 3.97. The molecule has 8 heteroatoms. The molecule has 2 amide bonds. The first-order valence-electron chi connectivity index (χ1n) is 7.83. The van der Waals surface area contributed by atoms with Gasteiger partial charge < -0.3 is 10.1 Å². The number of aryl methyl sites for hydroxylation is 1. The van der Waals surface area contributed by atoms with Crippen LogP contribution in [0.5, 0.6) is 0 Å². The number of hydrazone groups is 1. The lowest BCUT2D eigenvalue weighted by Crippen LogP contribution is -2.39. The smallest absolute Gasteiger partial charge is 0.262 e. The van der Waals surface area contributed by atoms with E-state index in [1.54, 1.807) is 22.7 Å². The average molecular weight is 377 g/mol. The predicted octanol–water partition coefficient (Wildman–Crippen LogP) is 2.56. The number of amides is 2. The van der Waals surface area contributed by atoms with E-state index in [1.165, 1.54) is 12.1 Å². The third-order valence-corrected chi connectivity index (χ3v) is 5.93. The summed E-state index contributed by atoms with van der Waals surface area (Å²) in [4.78, 5) is 26.4. The molecule has 3 rings (SSSR count). The molecule has 132 valence electrons. The van der Waals surface area contributed by atoms with Crippen molar-refractivity contribution in [2.45, 2.75) is 19.4 Å². The van der Waals surface area contributed by atoms with Crippen LogP contribution in [-0.2, 0) is 14.3 Å². The van der Waals surface area contributed by atoms with E-state index in [4.69, 9.17) is 4.74 Å². The van der Waals surface area contributed by atoms with Crippen molar-refractivity contribution in [3.63, 3.8) is 0 Å². The molecule has 2 aromatic rings. The minimum Gasteiger partial charge on any atom is -0.375 e. The molecule has 1 aliphatic rings. The second-order valence-corrected chi connectivity index (χ2v) is 7.56. The number of ether oxygens (including phenoxy) is 1. The Kier molecular flexibility index (Phi) is 5.62. The molecule has 0 fully saturated rings. The summed E-state index contributed by atoms with van der Waals surface area (Å²) in [5, 5.41) is 12.7. The second-order valence-electron chi connectivity index (χ2n) is 5.66. The molecule has 0 saturated heterocycles. The SMILES string of the molecule is COCC(=O)NCC(=O)N1N=C(c2cccs2)C[C@@H]1c1sccc1C. The van der Waals surface area contributed by atoms with Crippen LogP contribution in [0, 0.1) is 6.92 Å². The summed E-state index contributed by atoms with van der Waals surface area (Å²) in [5.41, 5.74) is 2.06. The van der Waals surface area contributed by atoms with Gasteiger partial charge in [-0.3, -0.25) is 9.59 Å². The van der Waals surface area contributed by atoms with Gasteiger partial charge in [0.2, 0.25) is 5.91 Å². The van der Waals surface area contributed by atoms with Crippen LogP contribution >= 0.6 is 22.7 Å². The number of hydrogen-bond acceptors (Lipinski definition) is 6. The van der Waals surface area contributed by atoms with Crippen LogP contribution < -0.4 is 5.32 Å². The highest BCUT2D eigenvalue weighted by molar-refractivity contribution is 7.12. The molecule has 0 aliphatic carbocycles. The molecule has 1 N–H and O–H groups in total. The Morgan fingerprint density at radius 3 is 2.84 bits per heavy atom. The van der Waals surface area contributed by atoms with Crippen molar-refractivity contribution in [3.8, 4) is 0 Å². The van der Waals surface area contributed by atoms with E-state index in [-0.39, 0.29) is 31.0 Å². The van der Waals surface area contributed by atoms with E-state index in [2.05, 4.69) is 10.4 Å². The quantitative estimate of drug-likeness (QED) is 0.841. The van der Waals surface area contributed by atoms with Gasteiger partial charge in [0, 0.05) is 18.4 Å². The van der Waals surface area contributed by atoms with Gasteiger partial charge in [0.15, 0.2) is 0 Å². The van der Waals surface area contributed by atoms with E-state index in [9.17, 15) is 9.59 Å². The molecular formula is C17H19N3O3S2. The topological polar surface area (TPSA) is 71.0 Å². The highest BCUT2D eigenvalue weighted by atomic mass is 32.1. The van der Waals surface area contributed by atoms with Crippen LogP contribution in [0.1, 0.15) is 27.8 Å². The summed E-state index contributed by atoms with van der Waals surface area (Å²) in [6.45, 7) is 1.88. The van der Waals surface area contributed by atoms with Gasteiger partial charge in [0.1, 0.15) is 6.61 Å². The van der Waals surface area contributed by atoms with Gasteiger partial charge in [-0.25, -0.2) is 5.01 Å². The highest BCUT2D eigenvalue weighted by Gasteiger charge is 2.34. The number of rotatable bonds is 6. The van der Waals surface area contributed by atoms with E-state index < -0.39 is 0 Å². The van der Waals surface area contributed by atoms with E-state index in [0.717, 1.165) is 21.0 Å². The molecular weight excluding hydrogens is 358 g/mol. The van der Waals surface area contributed by atoms with Crippen LogP contribution in [0.3, 0.4) is 0 Å². The van der Waals surface area contributed by atoms with Gasteiger partial charge in [-0.05, 0) is 35.4 Å². The first-order valence-corrected chi connectivity index (χ1v) is 9.59. The fourth-order valence-corrected chi connectivity index (χ4v) is 4.43. The molecule has 25 heavy (non-hydrogen) atoms. The average Bonchev–Trinajstić information content (AvgIpc) is 3.32. The molecule has 2 aromatic heterocycles. The van der Waals surface area contributed by atoms with Crippen molar-refractivity contribution in [2.24, 2.45) is 5.10 Å². The molecule has 1 atom stereocenters. The van der Waals surface area contributed by atoms with Gasteiger partial charge in [-0.1, -0.05) is 6.07 Å². The number of hydrogen-bond donors (Lipinski definition) is 1. The first-order chi connectivity index (χ1) is 12.1. The number of nitrogens with one attached hydrogen (secondary N) is 1. The zero-order valence-corrected chi connectivity index (χ0v) is 15.7. The largest absolute Gasteiger partial charge is 0.375 e. The van der Waals surface area contributed by atoms with Gasteiger partial charge in [0.25, 0.3) is 5.91 Å². The Morgan fingerprint density at radius 1 is 1.36 bits per heavy atom. The van der Waals surface area contributed by atoms with Crippen molar-refractivity contribution >= 4 is 40.2 Å². The molecule has 3 heterocycles. The number of nitrogens with zero attached hydrogens (tertiary/aromatic N) is 2. The maximum absolute atomic E-state index is 12.7. The van der Waals surface area contributed by atoms with Crippen molar-refractivity contribution in [1.29, 1.82) is 0 Å². The Bertz CT molecular complexity index is 783. The lowest BCUT2D eigenvalue weighted by Gasteiger charge is -2.21. The Labute approximate surface area is 154 Å². The maximum Gasteiger partial charge on any atom is 0.262 e. The fraction of sp³-hybridized carbons (Fsp3) is 0.353. The lowest BCUT2D eigenvalue weighted by atomic mass is 10.1. The summed E-state index contributed by atoms with van der Waals surface area (Å²) in [6.07, 6.45) is 0.680. The summed E-state index contributed by atoms with van der Waals surface area (Å²) in [6, 6.07) is 5.91. The molecule has 0 unspecified atom stereocenters.